The first-order valence-electron chi connectivity index (χ1n) is 7.00. The number of benzene rings is 2. The molecule has 0 aliphatic heterocycles. The Kier molecular flexibility index (Phi) is 5.23. The van der Waals surface area contributed by atoms with E-state index in [1.165, 1.54) is 5.56 Å². The van der Waals surface area contributed by atoms with Gasteiger partial charge in [-0.3, -0.25) is 4.79 Å². The summed E-state index contributed by atoms with van der Waals surface area (Å²) in [5.41, 5.74) is 7.77. The van der Waals surface area contributed by atoms with Gasteiger partial charge < -0.3 is 11.1 Å². The third-order valence-corrected chi connectivity index (χ3v) is 3.76. The largest absolute Gasteiger partial charge is 0.381 e. The molecule has 0 heterocycles. The smallest absolute Gasteiger partial charge is 0.248 e. The maximum absolute atomic E-state index is 11.3. The maximum Gasteiger partial charge on any atom is 0.248 e. The minimum Gasteiger partial charge on any atom is -0.381 e. The van der Waals surface area contributed by atoms with Gasteiger partial charge in [-0.2, -0.15) is 0 Å². The summed E-state index contributed by atoms with van der Waals surface area (Å²) in [5, 5.41) is 3.99. The molecule has 0 saturated heterocycles. The van der Waals surface area contributed by atoms with Crippen molar-refractivity contribution in [2.75, 3.05) is 5.32 Å². The Morgan fingerprint density at radius 1 is 1.24 bits per heavy atom. The number of hydrogen-bond donors (Lipinski definition) is 2. The lowest BCUT2D eigenvalue weighted by atomic mass is 10.0. The van der Waals surface area contributed by atoms with Crippen molar-refractivity contribution in [1.82, 2.24) is 0 Å². The van der Waals surface area contributed by atoms with Crippen LogP contribution in [0.3, 0.4) is 0 Å². The monoisotopic (exact) mass is 302 g/mol. The van der Waals surface area contributed by atoms with Crippen LogP contribution in [0.2, 0.25) is 5.02 Å². The molecular formula is C17H19ClN2O. The highest BCUT2D eigenvalue weighted by Gasteiger charge is 2.11. The highest BCUT2D eigenvalue weighted by atomic mass is 35.5. The molecule has 0 bridgehead atoms. The van der Waals surface area contributed by atoms with Gasteiger partial charge in [0.15, 0.2) is 0 Å². The van der Waals surface area contributed by atoms with E-state index in [0.717, 1.165) is 18.5 Å². The molecule has 0 fully saturated rings. The van der Waals surface area contributed by atoms with E-state index < -0.39 is 5.91 Å². The van der Waals surface area contributed by atoms with Crippen molar-refractivity contribution in [3.05, 3.63) is 64.7 Å². The van der Waals surface area contributed by atoms with Crippen LogP contribution in [0.1, 0.15) is 29.3 Å². The SMILES string of the molecule is CCC(Cc1ccccc1)Nc1cc(C(N)=O)ccc1Cl. The van der Waals surface area contributed by atoms with E-state index >= 15 is 0 Å². The number of carbonyl (C=O) groups excluding carboxylic acids is 1. The molecule has 2 aromatic rings. The molecular weight excluding hydrogens is 284 g/mol. The summed E-state index contributed by atoms with van der Waals surface area (Å²) in [6, 6.07) is 15.5. The van der Waals surface area contributed by atoms with E-state index in [0.29, 0.717) is 10.6 Å². The number of halogens is 1. The standard InChI is InChI=1S/C17H19ClN2O/c1-2-14(10-12-6-4-3-5-7-12)20-16-11-13(17(19)21)8-9-15(16)18/h3-9,11,14,20H,2,10H2,1H3,(H2,19,21). The highest BCUT2D eigenvalue weighted by molar-refractivity contribution is 6.33. The number of amides is 1. The van der Waals surface area contributed by atoms with Crippen LogP contribution in [-0.2, 0) is 6.42 Å². The van der Waals surface area contributed by atoms with Crippen LogP contribution >= 0.6 is 11.6 Å². The van der Waals surface area contributed by atoms with Crippen LogP contribution in [0.5, 0.6) is 0 Å². The zero-order valence-electron chi connectivity index (χ0n) is 12.0. The summed E-state index contributed by atoms with van der Waals surface area (Å²) in [6.45, 7) is 2.12. The van der Waals surface area contributed by atoms with E-state index in [9.17, 15) is 4.79 Å². The Morgan fingerprint density at radius 3 is 2.57 bits per heavy atom. The van der Waals surface area contributed by atoms with Gasteiger partial charge in [-0.05, 0) is 36.6 Å². The number of primary amides is 1. The van der Waals surface area contributed by atoms with E-state index in [1.807, 2.05) is 18.2 Å². The summed E-state index contributed by atoms with van der Waals surface area (Å²) < 4.78 is 0. The normalized spacial score (nSPS) is 11.9. The Bertz CT molecular complexity index is 613. The van der Waals surface area contributed by atoms with Crippen molar-refractivity contribution in [2.45, 2.75) is 25.8 Å². The van der Waals surface area contributed by atoms with Gasteiger partial charge >= 0.3 is 0 Å². The van der Waals surface area contributed by atoms with Crippen LogP contribution in [0.15, 0.2) is 48.5 Å². The zero-order chi connectivity index (χ0) is 15.2. The Hall–Kier alpha value is -2.00. The van der Waals surface area contributed by atoms with Crippen molar-refractivity contribution in [3.8, 4) is 0 Å². The molecule has 21 heavy (non-hydrogen) atoms. The number of nitrogens with one attached hydrogen (secondary N) is 1. The topological polar surface area (TPSA) is 55.1 Å². The predicted octanol–water partition coefficient (Wildman–Crippen LogP) is 3.87. The first kappa shape index (κ1) is 15.4. The fourth-order valence-corrected chi connectivity index (χ4v) is 2.38. The lowest BCUT2D eigenvalue weighted by Crippen LogP contribution is -2.22. The van der Waals surface area contributed by atoms with Gasteiger partial charge in [0.1, 0.15) is 0 Å². The minimum atomic E-state index is -0.453. The molecule has 4 heteroatoms. The van der Waals surface area contributed by atoms with Gasteiger partial charge in [-0.15, -0.1) is 0 Å². The summed E-state index contributed by atoms with van der Waals surface area (Å²) in [4.78, 5) is 11.3. The molecule has 2 rings (SSSR count). The van der Waals surface area contributed by atoms with Crippen LogP contribution in [0.4, 0.5) is 5.69 Å². The fraction of sp³-hybridized carbons (Fsp3) is 0.235. The average Bonchev–Trinajstić information content (AvgIpc) is 2.49. The van der Waals surface area contributed by atoms with Gasteiger partial charge in [0.2, 0.25) is 5.91 Å². The van der Waals surface area contributed by atoms with Gasteiger partial charge in [-0.25, -0.2) is 0 Å². The third kappa shape index (κ3) is 4.23. The number of hydrogen-bond acceptors (Lipinski definition) is 2. The van der Waals surface area contributed by atoms with E-state index in [1.54, 1.807) is 18.2 Å². The van der Waals surface area contributed by atoms with Crippen LogP contribution in [0.25, 0.3) is 0 Å². The molecule has 3 nitrogen and oxygen atoms in total. The predicted molar refractivity (Wildman–Crippen MR) is 87.8 cm³/mol. The summed E-state index contributed by atoms with van der Waals surface area (Å²) in [7, 11) is 0. The van der Waals surface area contributed by atoms with Crippen molar-refractivity contribution < 1.29 is 4.79 Å². The van der Waals surface area contributed by atoms with Crippen molar-refractivity contribution >= 4 is 23.2 Å². The van der Waals surface area contributed by atoms with Gasteiger partial charge in [0.05, 0.1) is 10.7 Å². The van der Waals surface area contributed by atoms with Gasteiger partial charge in [0.25, 0.3) is 0 Å². The second kappa shape index (κ2) is 7.14. The molecule has 3 N–H and O–H groups in total. The van der Waals surface area contributed by atoms with Crippen LogP contribution in [0, 0.1) is 0 Å². The van der Waals surface area contributed by atoms with Gasteiger partial charge in [-0.1, -0.05) is 48.9 Å². The Balaban J connectivity index is 2.14. The minimum absolute atomic E-state index is 0.244. The van der Waals surface area contributed by atoms with E-state index in [4.69, 9.17) is 17.3 Å². The molecule has 1 unspecified atom stereocenters. The van der Waals surface area contributed by atoms with E-state index in [2.05, 4.69) is 24.4 Å². The second-order valence-electron chi connectivity index (χ2n) is 5.00. The first-order chi connectivity index (χ1) is 10.1. The number of anilines is 1. The molecule has 0 aromatic heterocycles. The van der Waals surface area contributed by atoms with Crippen molar-refractivity contribution in [3.63, 3.8) is 0 Å². The molecule has 2 aromatic carbocycles. The molecule has 1 atom stereocenters. The number of rotatable bonds is 6. The average molecular weight is 303 g/mol. The third-order valence-electron chi connectivity index (χ3n) is 3.43. The summed E-state index contributed by atoms with van der Waals surface area (Å²) in [5.74, 6) is -0.453. The summed E-state index contributed by atoms with van der Waals surface area (Å²) >= 11 is 6.19. The molecule has 110 valence electrons. The molecule has 0 radical (unpaired) electrons. The molecule has 1 amide bonds. The molecule has 0 spiro atoms. The van der Waals surface area contributed by atoms with E-state index in [-0.39, 0.29) is 6.04 Å². The quantitative estimate of drug-likeness (QED) is 0.851. The molecule has 0 aliphatic carbocycles. The number of nitrogens with two attached hydrogens (primary N) is 1. The lowest BCUT2D eigenvalue weighted by molar-refractivity contribution is 0.100. The van der Waals surface area contributed by atoms with Gasteiger partial charge in [0, 0.05) is 11.6 Å². The highest BCUT2D eigenvalue weighted by Crippen LogP contribution is 2.25. The van der Waals surface area contributed by atoms with Crippen LogP contribution in [-0.4, -0.2) is 11.9 Å². The van der Waals surface area contributed by atoms with Crippen molar-refractivity contribution in [1.29, 1.82) is 0 Å². The second-order valence-corrected chi connectivity index (χ2v) is 5.41. The fourth-order valence-electron chi connectivity index (χ4n) is 2.21. The molecule has 0 saturated carbocycles. The lowest BCUT2D eigenvalue weighted by Gasteiger charge is -2.19. The Morgan fingerprint density at radius 2 is 1.95 bits per heavy atom. The zero-order valence-corrected chi connectivity index (χ0v) is 12.7. The number of carbonyl (C=O) groups is 1. The first-order valence-corrected chi connectivity index (χ1v) is 7.37. The summed E-state index contributed by atoms with van der Waals surface area (Å²) in [6.07, 6.45) is 1.85. The molecule has 0 aliphatic rings. The van der Waals surface area contributed by atoms with Crippen molar-refractivity contribution in [2.24, 2.45) is 5.73 Å². The maximum atomic E-state index is 11.3. The van der Waals surface area contributed by atoms with Crippen LogP contribution < -0.4 is 11.1 Å². The Labute approximate surface area is 130 Å².